The van der Waals surface area contributed by atoms with Crippen molar-refractivity contribution >= 4 is 0 Å². The van der Waals surface area contributed by atoms with Crippen molar-refractivity contribution in [2.24, 2.45) is 0 Å². The normalized spacial score (nSPS) is 30.0. The number of hydrogen-bond acceptors (Lipinski definition) is 6. The summed E-state index contributed by atoms with van der Waals surface area (Å²) in [5, 5.41) is 9.76. The molecule has 0 saturated carbocycles. The third-order valence-electron chi connectivity index (χ3n) is 3.46. The Hall–Kier alpha value is -1.02. The molecular weight excluding hydrogens is 324 g/mol. The van der Waals surface area contributed by atoms with Crippen LogP contribution < -0.4 is 0 Å². The second-order valence-electron chi connectivity index (χ2n) is 6.72. The highest BCUT2D eigenvalue weighted by atomic mass is 16.7. The highest BCUT2D eigenvalue weighted by Crippen LogP contribution is 2.31. The molecule has 5 atom stereocenters. The minimum atomic E-state index is -0.713. The Morgan fingerprint density at radius 3 is 1.80 bits per heavy atom. The van der Waals surface area contributed by atoms with E-state index in [-0.39, 0.29) is 6.61 Å². The molecule has 1 heterocycles. The Morgan fingerprint density at radius 2 is 1.36 bits per heavy atom. The molecule has 0 aliphatic carbocycles. The average Bonchev–Trinajstić information content (AvgIpc) is 2.55. The molecule has 0 spiro atoms. The van der Waals surface area contributed by atoms with Gasteiger partial charge in [0.25, 0.3) is 0 Å². The molecule has 1 aliphatic rings. The smallest absolute Gasteiger partial charge is 0.187 e. The highest BCUT2D eigenvalue weighted by molar-refractivity contribution is 4.95. The van der Waals surface area contributed by atoms with Crippen LogP contribution in [-0.4, -0.2) is 67.8 Å². The van der Waals surface area contributed by atoms with Crippen LogP contribution in [0.5, 0.6) is 0 Å². The van der Waals surface area contributed by atoms with Crippen molar-refractivity contribution in [3.63, 3.8) is 0 Å². The maximum absolute atomic E-state index is 9.76. The first-order valence-electron chi connectivity index (χ1n) is 8.49. The van der Waals surface area contributed by atoms with E-state index in [1.165, 1.54) is 0 Å². The van der Waals surface area contributed by atoms with Gasteiger partial charge >= 0.3 is 0 Å². The highest BCUT2D eigenvalue weighted by Gasteiger charge is 2.49. The molecule has 0 bridgehead atoms. The van der Waals surface area contributed by atoms with Gasteiger partial charge in [0, 0.05) is 0 Å². The summed E-state index contributed by atoms with van der Waals surface area (Å²) in [7, 11) is 0. The van der Waals surface area contributed by atoms with Gasteiger partial charge in [0.05, 0.1) is 32.0 Å². The predicted octanol–water partition coefficient (Wildman–Crippen LogP) is 2.23. The third-order valence-corrected chi connectivity index (χ3v) is 3.46. The van der Waals surface area contributed by atoms with Crippen molar-refractivity contribution in [1.82, 2.24) is 0 Å². The maximum Gasteiger partial charge on any atom is 0.187 e. The molecule has 0 aromatic carbocycles. The fourth-order valence-corrected chi connectivity index (χ4v) is 2.57. The van der Waals surface area contributed by atoms with E-state index in [1.807, 2.05) is 20.8 Å². The topological polar surface area (TPSA) is 66.4 Å². The van der Waals surface area contributed by atoms with Gasteiger partial charge in [0.2, 0.25) is 0 Å². The van der Waals surface area contributed by atoms with E-state index in [0.717, 1.165) is 0 Å². The van der Waals surface area contributed by atoms with E-state index >= 15 is 0 Å². The first-order chi connectivity index (χ1) is 11.9. The van der Waals surface area contributed by atoms with E-state index in [2.05, 4.69) is 19.7 Å². The lowest BCUT2D eigenvalue weighted by Crippen LogP contribution is -2.62. The average molecular weight is 356 g/mol. The quantitative estimate of drug-likeness (QED) is 0.573. The summed E-state index contributed by atoms with van der Waals surface area (Å²) in [6.07, 6.45) is 2.04. The van der Waals surface area contributed by atoms with Gasteiger partial charge in [-0.15, -0.1) is 19.7 Å². The van der Waals surface area contributed by atoms with Gasteiger partial charge in [-0.25, -0.2) is 0 Å². The van der Waals surface area contributed by atoms with Crippen LogP contribution in [-0.2, 0) is 23.7 Å². The van der Waals surface area contributed by atoms with E-state index in [4.69, 9.17) is 23.7 Å². The molecule has 1 fully saturated rings. The molecule has 6 heteroatoms. The summed E-state index contributed by atoms with van der Waals surface area (Å²) in [6.45, 7) is 17.5. The molecule has 0 aromatic rings. The van der Waals surface area contributed by atoms with E-state index < -0.39 is 36.3 Å². The zero-order valence-electron chi connectivity index (χ0n) is 15.6. The first kappa shape index (κ1) is 22.0. The Morgan fingerprint density at radius 1 is 0.880 bits per heavy atom. The number of aliphatic hydroxyl groups is 1. The second kappa shape index (κ2) is 10.9. The van der Waals surface area contributed by atoms with Crippen molar-refractivity contribution in [2.75, 3.05) is 26.4 Å². The Labute approximate surface area is 151 Å². The van der Waals surface area contributed by atoms with Gasteiger partial charge in [-0.1, -0.05) is 18.2 Å². The van der Waals surface area contributed by atoms with Gasteiger partial charge in [0.1, 0.15) is 24.4 Å². The fraction of sp³-hybridized carbons (Fsp3) is 0.684. The SMILES string of the molecule is C=CCOC1[C@H](OCC=C)C(CO)O[C@H](OC(C)(C)C)[C@H]1OCC=C. The van der Waals surface area contributed by atoms with Crippen LogP contribution in [0.2, 0.25) is 0 Å². The molecule has 0 amide bonds. The lowest BCUT2D eigenvalue weighted by molar-refractivity contribution is -0.335. The number of aliphatic hydroxyl groups excluding tert-OH is 1. The number of hydrogen-bond donors (Lipinski definition) is 1. The first-order valence-corrected chi connectivity index (χ1v) is 8.49. The Balaban J connectivity index is 3.11. The maximum atomic E-state index is 9.76. The van der Waals surface area contributed by atoms with Gasteiger partial charge in [0.15, 0.2) is 6.29 Å². The summed E-state index contributed by atoms with van der Waals surface area (Å²) in [5.74, 6) is 0. The molecular formula is C19H32O6. The molecule has 25 heavy (non-hydrogen) atoms. The van der Waals surface area contributed by atoms with Gasteiger partial charge in [-0.2, -0.15) is 0 Å². The summed E-state index contributed by atoms with van der Waals surface area (Å²) in [5.41, 5.74) is -0.460. The number of ether oxygens (including phenoxy) is 5. The predicted molar refractivity (Wildman–Crippen MR) is 96.4 cm³/mol. The molecule has 1 rings (SSSR count). The largest absolute Gasteiger partial charge is 0.394 e. The lowest BCUT2D eigenvalue weighted by atomic mass is 9.98. The zero-order chi connectivity index (χ0) is 18.9. The molecule has 0 aromatic heterocycles. The van der Waals surface area contributed by atoms with Crippen LogP contribution in [0.25, 0.3) is 0 Å². The van der Waals surface area contributed by atoms with Crippen LogP contribution in [0.3, 0.4) is 0 Å². The van der Waals surface area contributed by atoms with Crippen molar-refractivity contribution in [2.45, 2.75) is 57.1 Å². The summed E-state index contributed by atoms with van der Waals surface area (Å²) in [4.78, 5) is 0. The summed E-state index contributed by atoms with van der Waals surface area (Å²) < 4.78 is 29.6. The molecule has 1 saturated heterocycles. The van der Waals surface area contributed by atoms with Crippen LogP contribution in [0.1, 0.15) is 20.8 Å². The van der Waals surface area contributed by atoms with Gasteiger partial charge in [-0.05, 0) is 20.8 Å². The van der Waals surface area contributed by atoms with Crippen LogP contribution >= 0.6 is 0 Å². The minimum Gasteiger partial charge on any atom is -0.394 e. The van der Waals surface area contributed by atoms with E-state index in [1.54, 1.807) is 18.2 Å². The molecule has 144 valence electrons. The molecule has 1 N–H and O–H groups in total. The Bertz CT molecular complexity index is 417. The second-order valence-corrected chi connectivity index (χ2v) is 6.72. The van der Waals surface area contributed by atoms with Crippen molar-refractivity contribution in [3.05, 3.63) is 38.0 Å². The van der Waals surface area contributed by atoms with Gasteiger partial charge in [-0.3, -0.25) is 0 Å². The van der Waals surface area contributed by atoms with Gasteiger partial charge < -0.3 is 28.8 Å². The monoisotopic (exact) mass is 356 g/mol. The van der Waals surface area contributed by atoms with Crippen LogP contribution in [0.4, 0.5) is 0 Å². The lowest BCUT2D eigenvalue weighted by Gasteiger charge is -2.46. The van der Waals surface area contributed by atoms with Crippen LogP contribution in [0, 0.1) is 0 Å². The molecule has 1 aliphatic heterocycles. The van der Waals surface area contributed by atoms with Crippen molar-refractivity contribution in [3.8, 4) is 0 Å². The molecule has 6 nitrogen and oxygen atoms in total. The van der Waals surface area contributed by atoms with Crippen molar-refractivity contribution in [1.29, 1.82) is 0 Å². The number of rotatable bonds is 11. The van der Waals surface area contributed by atoms with E-state index in [9.17, 15) is 5.11 Å². The molecule has 2 unspecified atom stereocenters. The summed E-state index contributed by atoms with van der Waals surface area (Å²) in [6, 6.07) is 0. The fourth-order valence-electron chi connectivity index (χ4n) is 2.57. The molecule has 0 radical (unpaired) electrons. The summed E-state index contributed by atoms with van der Waals surface area (Å²) >= 11 is 0. The Kier molecular flexibility index (Phi) is 9.56. The minimum absolute atomic E-state index is 0.228. The van der Waals surface area contributed by atoms with E-state index in [0.29, 0.717) is 19.8 Å². The zero-order valence-corrected chi connectivity index (χ0v) is 15.6. The van der Waals surface area contributed by atoms with Crippen molar-refractivity contribution < 1.29 is 28.8 Å². The van der Waals surface area contributed by atoms with Crippen LogP contribution in [0.15, 0.2) is 38.0 Å². The third kappa shape index (κ3) is 7.01. The standard InChI is InChI=1S/C19H32O6/c1-7-10-21-15-14(13-20)24-18(25-19(4,5)6)17(23-12-9-3)16(15)22-11-8-2/h7-9,14-18,20H,1-3,10-13H2,4-6H3/t14?,15-,16?,17+,18-/m1/s1.